The maximum Gasteiger partial charge on any atom is 0.245 e. The predicted molar refractivity (Wildman–Crippen MR) is 86.2 cm³/mol. The molecule has 0 aromatic rings. The summed E-state index contributed by atoms with van der Waals surface area (Å²) in [4.78, 5) is 29.2. The minimum Gasteiger partial charge on any atom is -0.341 e. The number of hydrogen-bond donors (Lipinski definition) is 0. The molecular weight excluding hydrogens is 276 g/mol. The Balaban J connectivity index is 1.60. The second kappa shape index (κ2) is 6.59. The molecule has 3 aliphatic rings. The molecule has 0 spiro atoms. The van der Waals surface area contributed by atoms with Gasteiger partial charge in [-0.1, -0.05) is 26.7 Å². The monoisotopic (exact) mass is 306 g/mol. The Labute approximate surface area is 134 Å². The normalized spacial score (nSPS) is 28.7. The Bertz CT molecular complexity index is 429. The third-order valence-electron chi connectivity index (χ3n) is 6.00. The van der Waals surface area contributed by atoms with Gasteiger partial charge in [-0.15, -0.1) is 0 Å². The molecule has 3 rings (SSSR count). The Morgan fingerprint density at radius 2 is 1.73 bits per heavy atom. The summed E-state index contributed by atoms with van der Waals surface area (Å²) >= 11 is 0. The van der Waals surface area contributed by atoms with Crippen molar-refractivity contribution < 1.29 is 9.59 Å². The van der Waals surface area contributed by atoms with Crippen LogP contribution in [0.5, 0.6) is 0 Å². The van der Waals surface area contributed by atoms with Crippen molar-refractivity contribution in [3.05, 3.63) is 0 Å². The fourth-order valence-electron chi connectivity index (χ4n) is 4.39. The number of carbonyl (C=O) groups excluding carboxylic acids is 2. The molecule has 2 heterocycles. The zero-order chi connectivity index (χ0) is 15.7. The molecule has 1 saturated carbocycles. The lowest BCUT2D eigenvalue weighted by Gasteiger charge is -2.28. The second-order valence-electron chi connectivity index (χ2n) is 7.37. The highest BCUT2D eigenvalue weighted by Gasteiger charge is 2.43. The van der Waals surface area contributed by atoms with Gasteiger partial charge in [0.15, 0.2) is 0 Å². The minimum absolute atomic E-state index is 0.159. The molecular formula is C18H30N2O2. The highest BCUT2D eigenvalue weighted by Crippen LogP contribution is 2.35. The topological polar surface area (TPSA) is 40.6 Å². The van der Waals surface area contributed by atoms with Crippen molar-refractivity contribution in [1.29, 1.82) is 0 Å². The Kier molecular flexibility index (Phi) is 4.74. The van der Waals surface area contributed by atoms with E-state index in [9.17, 15) is 9.59 Å². The van der Waals surface area contributed by atoms with E-state index in [2.05, 4.69) is 13.8 Å². The lowest BCUT2D eigenvalue weighted by molar-refractivity contribution is -0.144. The Morgan fingerprint density at radius 1 is 1.00 bits per heavy atom. The highest BCUT2D eigenvalue weighted by molar-refractivity contribution is 5.90. The molecule has 0 aromatic heterocycles. The number of carbonyl (C=O) groups is 2. The number of likely N-dealkylation sites (tertiary alicyclic amines) is 2. The van der Waals surface area contributed by atoms with Gasteiger partial charge in [-0.25, -0.2) is 0 Å². The van der Waals surface area contributed by atoms with Gasteiger partial charge in [0, 0.05) is 25.6 Å². The molecule has 4 nitrogen and oxygen atoms in total. The van der Waals surface area contributed by atoms with Gasteiger partial charge in [-0.2, -0.15) is 0 Å². The van der Waals surface area contributed by atoms with Crippen molar-refractivity contribution in [2.24, 2.45) is 17.8 Å². The average Bonchev–Trinajstić information content (AvgIpc) is 3.07. The third kappa shape index (κ3) is 3.02. The highest BCUT2D eigenvalue weighted by atomic mass is 16.2. The van der Waals surface area contributed by atoms with E-state index < -0.39 is 0 Å². The molecule has 2 atom stereocenters. The summed E-state index contributed by atoms with van der Waals surface area (Å²) in [5.74, 6) is 2.09. The summed E-state index contributed by atoms with van der Waals surface area (Å²) in [6.07, 6.45) is 7.45. The van der Waals surface area contributed by atoms with Gasteiger partial charge in [0.2, 0.25) is 11.8 Å². The smallest absolute Gasteiger partial charge is 0.245 e. The van der Waals surface area contributed by atoms with Crippen LogP contribution in [0.4, 0.5) is 0 Å². The van der Waals surface area contributed by atoms with E-state index in [1.54, 1.807) is 0 Å². The van der Waals surface area contributed by atoms with Crippen molar-refractivity contribution >= 4 is 11.8 Å². The molecule has 0 radical (unpaired) electrons. The summed E-state index contributed by atoms with van der Waals surface area (Å²) in [6, 6.07) is -0.159. The summed E-state index contributed by atoms with van der Waals surface area (Å²) < 4.78 is 0. The molecule has 0 unspecified atom stereocenters. The van der Waals surface area contributed by atoms with E-state index in [-0.39, 0.29) is 23.8 Å². The van der Waals surface area contributed by atoms with Crippen molar-refractivity contribution in [2.45, 2.75) is 64.8 Å². The van der Waals surface area contributed by atoms with E-state index in [0.717, 1.165) is 57.7 Å². The van der Waals surface area contributed by atoms with Gasteiger partial charge in [-0.3, -0.25) is 9.59 Å². The molecule has 0 aromatic carbocycles. The molecule has 1 aliphatic carbocycles. The van der Waals surface area contributed by atoms with Gasteiger partial charge in [0.25, 0.3) is 0 Å². The molecule has 2 amide bonds. The summed E-state index contributed by atoms with van der Waals surface area (Å²) in [5, 5.41) is 0. The van der Waals surface area contributed by atoms with Crippen LogP contribution in [0.1, 0.15) is 58.8 Å². The van der Waals surface area contributed by atoms with Crippen LogP contribution in [-0.2, 0) is 9.59 Å². The minimum atomic E-state index is -0.159. The van der Waals surface area contributed by atoms with E-state index >= 15 is 0 Å². The van der Waals surface area contributed by atoms with Crippen LogP contribution < -0.4 is 0 Å². The molecule has 0 N–H and O–H groups in total. The van der Waals surface area contributed by atoms with E-state index in [0.29, 0.717) is 5.92 Å². The number of hydrogen-bond acceptors (Lipinski definition) is 2. The molecule has 4 heteroatoms. The first-order valence-corrected chi connectivity index (χ1v) is 9.24. The Hall–Kier alpha value is -1.06. The number of rotatable bonds is 5. The van der Waals surface area contributed by atoms with Crippen LogP contribution in [0.25, 0.3) is 0 Å². The molecule has 22 heavy (non-hydrogen) atoms. The lowest BCUT2D eigenvalue weighted by atomic mass is 9.87. The lowest BCUT2D eigenvalue weighted by Crippen LogP contribution is -2.47. The van der Waals surface area contributed by atoms with Crippen LogP contribution in [0.15, 0.2) is 0 Å². The van der Waals surface area contributed by atoms with Gasteiger partial charge in [-0.05, 0) is 43.9 Å². The van der Waals surface area contributed by atoms with Gasteiger partial charge < -0.3 is 9.80 Å². The van der Waals surface area contributed by atoms with Gasteiger partial charge in [0.1, 0.15) is 6.04 Å². The van der Waals surface area contributed by atoms with Gasteiger partial charge >= 0.3 is 0 Å². The van der Waals surface area contributed by atoms with E-state index in [4.69, 9.17) is 0 Å². The summed E-state index contributed by atoms with van der Waals surface area (Å²) in [7, 11) is 0. The van der Waals surface area contributed by atoms with Crippen molar-refractivity contribution in [2.75, 3.05) is 19.6 Å². The van der Waals surface area contributed by atoms with Crippen LogP contribution >= 0.6 is 0 Å². The van der Waals surface area contributed by atoms with Crippen molar-refractivity contribution in [3.63, 3.8) is 0 Å². The molecule has 2 saturated heterocycles. The first kappa shape index (κ1) is 15.8. The summed E-state index contributed by atoms with van der Waals surface area (Å²) in [6.45, 7) is 7.10. The van der Waals surface area contributed by atoms with Crippen molar-refractivity contribution in [3.8, 4) is 0 Å². The molecule has 124 valence electrons. The standard InChI is InChI=1S/C18H30N2O2/c1-3-13(4-2)15-9-11-19(12-15)18(22)16-6-5-10-20(16)17(21)14-7-8-14/h13-16H,3-12H2,1-2H3/t15-,16-/m0/s1. The SMILES string of the molecule is CCC(CC)[C@H]1CCN(C(=O)[C@@H]2CCCN2C(=O)C2CC2)C1. The van der Waals surface area contributed by atoms with Gasteiger partial charge in [0.05, 0.1) is 0 Å². The first-order valence-electron chi connectivity index (χ1n) is 9.24. The predicted octanol–water partition coefficient (Wildman–Crippen LogP) is 2.67. The second-order valence-corrected chi connectivity index (χ2v) is 7.37. The zero-order valence-corrected chi connectivity index (χ0v) is 14.1. The maximum atomic E-state index is 12.9. The fourth-order valence-corrected chi connectivity index (χ4v) is 4.39. The van der Waals surface area contributed by atoms with E-state index in [1.165, 1.54) is 12.8 Å². The number of amides is 2. The number of nitrogens with zero attached hydrogens (tertiary/aromatic N) is 2. The first-order chi connectivity index (χ1) is 10.7. The molecule has 3 fully saturated rings. The maximum absolute atomic E-state index is 12.9. The van der Waals surface area contributed by atoms with Crippen molar-refractivity contribution in [1.82, 2.24) is 9.80 Å². The van der Waals surface area contributed by atoms with Crippen LogP contribution in [0, 0.1) is 17.8 Å². The molecule has 2 aliphatic heterocycles. The van der Waals surface area contributed by atoms with Crippen LogP contribution in [0.2, 0.25) is 0 Å². The Morgan fingerprint density at radius 3 is 2.36 bits per heavy atom. The van der Waals surface area contributed by atoms with Crippen LogP contribution in [-0.4, -0.2) is 47.3 Å². The summed E-state index contributed by atoms with van der Waals surface area (Å²) in [5.41, 5.74) is 0. The third-order valence-corrected chi connectivity index (χ3v) is 6.00. The quantitative estimate of drug-likeness (QED) is 0.783. The average molecular weight is 306 g/mol. The van der Waals surface area contributed by atoms with Crippen LogP contribution in [0.3, 0.4) is 0 Å². The largest absolute Gasteiger partial charge is 0.341 e. The zero-order valence-electron chi connectivity index (χ0n) is 14.1. The molecule has 0 bridgehead atoms. The van der Waals surface area contributed by atoms with E-state index in [1.807, 2.05) is 9.80 Å². The fraction of sp³-hybridized carbons (Fsp3) is 0.889.